The number of aliphatic carboxylic acids is 1. The third-order valence-corrected chi connectivity index (χ3v) is 8.15. The van der Waals surface area contributed by atoms with Gasteiger partial charge in [0.25, 0.3) is 5.91 Å². The molecule has 2 heterocycles. The lowest BCUT2D eigenvalue weighted by molar-refractivity contribution is -0.145. The fourth-order valence-corrected chi connectivity index (χ4v) is 5.63. The molecule has 0 saturated carbocycles. The van der Waals surface area contributed by atoms with Crippen LogP contribution >= 0.6 is 0 Å². The van der Waals surface area contributed by atoms with E-state index in [0.717, 1.165) is 17.5 Å². The lowest BCUT2D eigenvalue weighted by atomic mass is 9.98. The molecule has 0 aromatic heterocycles. The number of carboxylic acid groups (broad SMARTS) is 1. The molecule has 2 aliphatic heterocycles. The molecule has 3 amide bonds. The summed E-state index contributed by atoms with van der Waals surface area (Å²) >= 11 is 0. The van der Waals surface area contributed by atoms with Gasteiger partial charge in [-0.15, -0.1) is 0 Å². The zero-order chi connectivity index (χ0) is 39.7. The number of amides is 3. The van der Waals surface area contributed by atoms with Crippen LogP contribution in [-0.4, -0.2) is 94.0 Å². The van der Waals surface area contributed by atoms with E-state index in [1.807, 2.05) is 67.6 Å². The smallest absolute Gasteiger partial charge is 0.411 e. The zero-order valence-corrected chi connectivity index (χ0v) is 32.7. The van der Waals surface area contributed by atoms with E-state index in [-0.39, 0.29) is 24.5 Å². The number of nitrogens with one attached hydrogen (secondary N) is 3. The normalized spacial score (nSPS) is 20.3. The van der Waals surface area contributed by atoms with Crippen LogP contribution < -0.4 is 16.4 Å². The SMILES string of the molecule is CC(C)(C)OC(=O)N1C[C@H](NOCc2ccccc2)CC[C@H]1C(=O)O.CCCONC(=O)[C@@H]1CC[C@@H](NOCc2ccccc2)CN1C(=O)OC(C)(C)C. The molecule has 15 heteroatoms. The molecule has 2 aromatic carbocycles. The third-order valence-electron chi connectivity index (χ3n) is 8.15. The molecule has 4 rings (SSSR count). The van der Waals surface area contributed by atoms with Crippen LogP contribution in [0.1, 0.15) is 91.7 Å². The Morgan fingerprint density at radius 1 is 0.667 bits per heavy atom. The highest BCUT2D eigenvalue weighted by atomic mass is 16.7. The van der Waals surface area contributed by atoms with Gasteiger partial charge in [-0.05, 0) is 84.8 Å². The average Bonchev–Trinajstić information content (AvgIpc) is 3.11. The van der Waals surface area contributed by atoms with E-state index in [1.54, 1.807) is 41.5 Å². The summed E-state index contributed by atoms with van der Waals surface area (Å²) < 4.78 is 10.8. The molecular formula is C39H59N5O10. The van der Waals surface area contributed by atoms with Crippen LogP contribution in [0.4, 0.5) is 9.59 Å². The van der Waals surface area contributed by atoms with E-state index in [1.165, 1.54) is 9.80 Å². The van der Waals surface area contributed by atoms with Crippen molar-refractivity contribution in [3.8, 4) is 0 Å². The lowest BCUT2D eigenvalue weighted by Gasteiger charge is -2.39. The summed E-state index contributed by atoms with van der Waals surface area (Å²) in [6.45, 7) is 14.4. The molecule has 0 unspecified atom stereocenters. The zero-order valence-electron chi connectivity index (χ0n) is 32.7. The number of hydrogen-bond donors (Lipinski definition) is 4. The van der Waals surface area contributed by atoms with Gasteiger partial charge in [0.2, 0.25) is 0 Å². The van der Waals surface area contributed by atoms with Crippen molar-refractivity contribution in [3.05, 3.63) is 71.8 Å². The summed E-state index contributed by atoms with van der Waals surface area (Å²) in [5, 5.41) is 9.37. The largest absolute Gasteiger partial charge is 0.480 e. The monoisotopic (exact) mass is 757 g/mol. The minimum Gasteiger partial charge on any atom is -0.480 e. The highest BCUT2D eigenvalue weighted by Gasteiger charge is 2.39. The fourth-order valence-electron chi connectivity index (χ4n) is 5.63. The Labute approximate surface area is 318 Å². The number of piperidine rings is 2. The predicted molar refractivity (Wildman–Crippen MR) is 200 cm³/mol. The lowest BCUT2D eigenvalue weighted by Crippen LogP contribution is -2.58. The van der Waals surface area contributed by atoms with Gasteiger partial charge in [0.1, 0.15) is 23.3 Å². The molecule has 0 radical (unpaired) electrons. The summed E-state index contributed by atoms with van der Waals surface area (Å²) in [4.78, 5) is 68.0. The Kier molecular flexibility index (Phi) is 17.6. The molecular weight excluding hydrogens is 698 g/mol. The van der Waals surface area contributed by atoms with E-state index in [4.69, 9.17) is 24.0 Å². The van der Waals surface area contributed by atoms with Crippen molar-refractivity contribution in [1.82, 2.24) is 26.2 Å². The summed E-state index contributed by atoms with van der Waals surface area (Å²) in [5.74, 6) is -1.36. The Hall–Kier alpha value is -4.28. The van der Waals surface area contributed by atoms with Crippen molar-refractivity contribution in [1.29, 1.82) is 0 Å². The van der Waals surface area contributed by atoms with Crippen molar-refractivity contribution < 1.29 is 48.3 Å². The molecule has 4 N–H and O–H groups in total. The number of ether oxygens (including phenoxy) is 2. The average molecular weight is 758 g/mol. The number of hydrogen-bond acceptors (Lipinski definition) is 11. The molecule has 4 atom stereocenters. The third kappa shape index (κ3) is 16.0. The van der Waals surface area contributed by atoms with Crippen LogP contribution in [0.2, 0.25) is 0 Å². The van der Waals surface area contributed by atoms with Gasteiger partial charge >= 0.3 is 18.2 Å². The van der Waals surface area contributed by atoms with Crippen molar-refractivity contribution in [3.63, 3.8) is 0 Å². The van der Waals surface area contributed by atoms with Crippen LogP contribution in [0, 0.1) is 0 Å². The van der Waals surface area contributed by atoms with E-state index in [0.29, 0.717) is 52.0 Å². The van der Waals surface area contributed by atoms with Gasteiger partial charge in [-0.25, -0.2) is 19.9 Å². The number of carbonyl (C=O) groups is 4. The van der Waals surface area contributed by atoms with Crippen LogP contribution in [0.5, 0.6) is 0 Å². The number of rotatable bonds is 13. The molecule has 2 saturated heterocycles. The van der Waals surface area contributed by atoms with Crippen molar-refractivity contribution in [2.45, 2.75) is 129 Å². The maximum Gasteiger partial charge on any atom is 0.411 e. The minimum absolute atomic E-state index is 0.105. The van der Waals surface area contributed by atoms with E-state index < -0.39 is 41.4 Å². The second-order valence-corrected chi connectivity index (χ2v) is 15.3. The van der Waals surface area contributed by atoms with Crippen LogP contribution in [0.15, 0.2) is 60.7 Å². The maximum absolute atomic E-state index is 12.7. The molecule has 2 fully saturated rings. The first-order chi connectivity index (χ1) is 25.6. The predicted octanol–water partition coefficient (Wildman–Crippen LogP) is 5.49. The van der Waals surface area contributed by atoms with Gasteiger partial charge in [0.05, 0.1) is 31.9 Å². The van der Waals surface area contributed by atoms with Gasteiger partial charge in [-0.2, -0.15) is 11.0 Å². The van der Waals surface area contributed by atoms with E-state index in [2.05, 4.69) is 16.4 Å². The van der Waals surface area contributed by atoms with Gasteiger partial charge in [-0.1, -0.05) is 67.6 Å². The second kappa shape index (κ2) is 21.6. The molecule has 300 valence electrons. The van der Waals surface area contributed by atoms with Crippen molar-refractivity contribution in [2.24, 2.45) is 0 Å². The summed E-state index contributed by atoms with van der Waals surface area (Å²) in [7, 11) is 0. The van der Waals surface area contributed by atoms with Gasteiger partial charge in [0.15, 0.2) is 0 Å². The Balaban J connectivity index is 0.000000294. The Morgan fingerprint density at radius 2 is 1.09 bits per heavy atom. The van der Waals surface area contributed by atoms with E-state index >= 15 is 0 Å². The quantitative estimate of drug-likeness (QED) is 0.149. The molecule has 0 spiro atoms. The standard InChI is InChI=1S/C21H33N3O5.C18H26N2O5/c1-5-13-27-23-19(25)18-12-11-17(14-24(18)20(26)29-21(2,3)4)22-28-15-16-9-7-6-8-10-16;1-18(2,3)25-17(23)20-11-14(9-10-15(20)16(21)22)19-24-12-13-7-5-4-6-8-13/h6-10,17-18,22H,5,11-15H2,1-4H3,(H,23,25);4-8,14-15,19H,9-12H2,1-3H3,(H,21,22)/t17-,18+;14-,15+/m11/s1. The summed E-state index contributed by atoms with van der Waals surface area (Å²) in [5.41, 5.74) is 9.14. The Bertz CT molecular complexity index is 1450. The van der Waals surface area contributed by atoms with Crippen LogP contribution in [0.3, 0.4) is 0 Å². The first kappa shape index (κ1) is 44.1. The highest BCUT2D eigenvalue weighted by Crippen LogP contribution is 2.23. The maximum atomic E-state index is 12.7. The molecule has 2 aromatic rings. The molecule has 2 aliphatic rings. The Morgan fingerprint density at radius 3 is 1.50 bits per heavy atom. The summed E-state index contributed by atoms with van der Waals surface area (Å²) in [6, 6.07) is 17.7. The highest BCUT2D eigenvalue weighted by molar-refractivity contribution is 5.85. The second-order valence-electron chi connectivity index (χ2n) is 15.3. The van der Waals surface area contributed by atoms with Crippen molar-refractivity contribution >= 4 is 24.1 Å². The van der Waals surface area contributed by atoms with Crippen LogP contribution in [-0.2, 0) is 46.8 Å². The first-order valence-corrected chi connectivity index (χ1v) is 18.5. The number of likely N-dealkylation sites (tertiary alicyclic amines) is 2. The minimum atomic E-state index is -1.02. The fraction of sp³-hybridized carbons (Fsp3) is 0.590. The number of benzene rings is 2. The topological polar surface area (TPSA) is 177 Å². The van der Waals surface area contributed by atoms with Gasteiger partial charge in [-0.3, -0.25) is 29.1 Å². The molecule has 0 bridgehead atoms. The number of carboxylic acids is 1. The number of nitrogens with zero attached hydrogens (tertiary/aromatic N) is 2. The van der Waals surface area contributed by atoms with Gasteiger partial charge < -0.3 is 14.6 Å². The number of carbonyl (C=O) groups excluding carboxylic acids is 3. The van der Waals surface area contributed by atoms with Crippen molar-refractivity contribution in [2.75, 3.05) is 19.7 Å². The van der Waals surface area contributed by atoms with Gasteiger partial charge in [0, 0.05) is 13.1 Å². The molecule has 15 nitrogen and oxygen atoms in total. The van der Waals surface area contributed by atoms with E-state index in [9.17, 15) is 24.3 Å². The first-order valence-electron chi connectivity index (χ1n) is 18.5. The summed E-state index contributed by atoms with van der Waals surface area (Å²) in [6.07, 6.45) is 1.75. The van der Waals surface area contributed by atoms with Crippen LogP contribution in [0.25, 0.3) is 0 Å². The molecule has 0 aliphatic carbocycles. The number of hydroxylamine groups is 3. The molecule has 54 heavy (non-hydrogen) atoms.